The number of nitrogens with zero attached hydrogens (tertiary/aromatic N) is 3. The molecule has 10 heterocycles. The van der Waals surface area contributed by atoms with Crippen LogP contribution in [0.1, 0.15) is 140 Å². The predicted molar refractivity (Wildman–Crippen MR) is 404 cm³/mol. The van der Waals surface area contributed by atoms with E-state index in [2.05, 4.69) is 56.6 Å². The van der Waals surface area contributed by atoms with Gasteiger partial charge in [-0.3, -0.25) is 38.7 Å². The van der Waals surface area contributed by atoms with E-state index >= 15 is 0 Å². The van der Waals surface area contributed by atoms with Gasteiger partial charge in [-0.1, -0.05) is 33.9 Å². The average Bonchev–Trinajstić information content (AvgIpc) is 1.55. The fraction of sp³-hybridized carbons (Fsp3) is 0.823. The molecular formula is C79H125N8O23STb-. The first-order valence-corrected chi connectivity index (χ1v) is 40.9. The van der Waals surface area contributed by atoms with Gasteiger partial charge in [0.25, 0.3) is 5.91 Å². The summed E-state index contributed by atoms with van der Waals surface area (Å²) < 4.78 is 99.1. The van der Waals surface area contributed by atoms with E-state index in [9.17, 15) is 33.9 Å². The van der Waals surface area contributed by atoms with Gasteiger partial charge in [-0.25, -0.2) is 0 Å². The molecule has 9 aliphatic heterocycles. The molecule has 112 heavy (non-hydrogen) atoms. The minimum Gasteiger partial charge on any atom is -0.740 e. The molecule has 12 bridgehead atoms. The van der Waals surface area contributed by atoms with Crippen molar-refractivity contribution in [2.24, 2.45) is 29.6 Å². The van der Waals surface area contributed by atoms with Gasteiger partial charge in [-0.05, 0) is 120 Å². The van der Waals surface area contributed by atoms with Gasteiger partial charge >= 0.3 is 0 Å². The molecule has 0 aromatic carbocycles. The molecule has 3 unspecified atom stereocenters. The summed E-state index contributed by atoms with van der Waals surface area (Å²) in [5.41, 5.74) is 2.40. The van der Waals surface area contributed by atoms with Crippen LogP contribution in [-0.2, 0) is 112 Å². The molecule has 1 saturated carbocycles. The monoisotopic (exact) mass is 1740 g/mol. The molecule has 21 atom stereocenters. The van der Waals surface area contributed by atoms with E-state index in [1.807, 2.05) is 19.0 Å². The Hall–Kier alpha value is -3.63. The number of carbonyl (C=O) groups excluding carboxylic acids is 6. The molecule has 1 aromatic heterocycles. The molecule has 1 aliphatic carbocycles. The second kappa shape index (κ2) is 47.2. The molecule has 33 heteroatoms. The Bertz CT molecular complexity index is 3120. The summed E-state index contributed by atoms with van der Waals surface area (Å²) in [6.07, 6.45) is 8.60. The van der Waals surface area contributed by atoms with Crippen LogP contribution in [0.25, 0.3) is 0 Å². The number of ketones is 1. The van der Waals surface area contributed by atoms with Gasteiger partial charge in [0.2, 0.25) is 23.6 Å². The summed E-state index contributed by atoms with van der Waals surface area (Å²) in [6, 6.07) is -2.04. The number of methoxy groups -OCH3 is 1. The predicted octanol–water partition coefficient (Wildman–Crippen LogP) is 3.20. The van der Waals surface area contributed by atoms with Crippen LogP contribution in [0.5, 0.6) is 0 Å². The third kappa shape index (κ3) is 28.0. The molecule has 10 aliphatic rings. The van der Waals surface area contributed by atoms with Gasteiger partial charge in [0.15, 0.2) is 5.79 Å². The number of amides is 5. The van der Waals surface area contributed by atoms with Gasteiger partial charge < -0.3 is 125 Å². The Morgan fingerprint density at radius 3 is 1.93 bits per heavy atom. The number of unbranched alkanes of at least 4 members (excludes halogenated alkanes) is 1. The standard InChI is InChI=1S/C79H126N8O23S.Tb/c1-48(2)69(86-68(91)47-103-34-33-102-32-31-101-30-29-100-28-27-99-26-25-98-24-23-97-22-21-96-20-18-80-75(92)53-43-83-78(111)84-44-53)77(94)85-61(11-9-10-19-87(6)7)76(93)82-46-67(90)81-45-55(89)40-66-71(95-8)59-39-54(88)38-57-13-15-63-74(106-57)73-60-37-52-42-79(110-73,109-70(52)72(60)108-63)17-16-58-36-50(4)62(104-58)14-12-56-35-49(3)51(5)64(105-56)41-65(59)107-66;/h43-44,48-49,52,55-66,69-74,89H,4-5,9-42,45-47H2,1-3,6-8H3,(H,80,92)(H,81,90)(H,82,93)(H,85,94)(H,86,91)(H,83,84,111);/p-1/t49-,52?,55+,56+,57-,58+,59+,60?,61+,62?,63+,64-,65+,66-,69+,70+,71-,72-,73-,74+,79+;/m1./s1. The molecule has 31 nitrogen and oxygen atoms in total. The number of aromatic nitrogens is 2. The van der Waals surface area contributed by atoms with Crippen LogP contribution in [0.4, 0.5) is 0 Å². The smallest absolute Gasteiger partial charge is 0.254 e. The average molecular weight is 1750 g/mol. The summed E-state index contributed by atoms with van der Waals surface area (Å²) in [4.78, 5) is 90.8. The van der Waals surface area contributed by atoms with Gasteiger partial charge in [-0.2, -0.15) is 0 Å². The van der Waals surface area contributed by atoms with Crippen molar-refractivity contribution in [3.63, 3.8) is 0 Å². The third-order valence-corrected chi connectivity index (χ3v) is 23.0. The summed E-state index contributed by atoms with van der Waals surface area (Å²) in [6.45, 7) is 20.1. The first-order chi connectivity index (χ1) is 53.6. The molecule has 635 valence electrons. The Morgan fingerprint density at radius 1 is 0.652 bits per heavy atom. The Morgan fingerprint density at radius 2 is 1.28 bits per heavy atom. The van der Waals surface area contributed by atoms with E-state index in [-0.39, 0.29) is 186 Å². The zero-order valence-corrected chi connectivity index (χ0v) is 69.3. The first-order valence-electron chi connectivity index (χ1n) is 40.5. The largest absolute Gasteiger partial charge is 0.740 e. The summed E-state index contributed by atoms with van der Waals surface area (Å²) in [5, 5.41) is 25.6. The molecule has 11 rings (SSSR count). The molecule has 1 spiro atoms. The summed E-state index contributed by atoms with van der Waals surface area (Å²) in [5.74, 6) is -3.36. The van der Waals surface area contributed by atoms with Crippen molar-refractivity contribution in [2.75, 3.05) is 153 Å². The van der Waals surface area contributed by atoms with Crippen LogP contribution in [0.15, 0.2) is 41.9 Å². The van der Waals surface area contributed by atoms with E-state index in [4.69, 9.17) is 88.4 Å². The first kappa shape index (κ1) is 92.3. The van der Waals surface area contributed by atoms with Crippen molar-refractivity contribution in [1.82, 2.24) is 41.5 Å². The number of nitrogens with one attached hydrogen (secondary N) is 5. The van der Waals surface area contributed by atoms with Gasteiger partial charge in [0, 0.05) is 127 Å². The van der Waals surface area contributed by atoms with E-state index in [0.717, 1.165) is 75.5 Å². The number of ether oxygens (including phenoxy) is 16. The van der Waals surface area contributed by atoms with E-state index < -0.39 is 78.4 Å². The minimum absolute atomic E-state index is 0. The number of rotatable bonds is 44. The van der Waals surface area contributed by atoms with Crippen molar-refractivity contribution in [1.29, 1.82) is 0 Å². The van der Waals surface area contributed by atoms with Crippen LogP contribution >= 0.6 is 0 Å². The Labute approximate surface area is 696 Å². The van der Waals surface area contributed by atoms with Crippen LogP contribution in [0, 0.1) is 68.2 Å². The zero-order valence-electron chi connectivity index (χ0n) is 66.4. The maximum Gasteiger partial charge on any atom is 0.254 e. The van der Waals surface area contributed by atoms with Crippen molar-refractivity contribution >= 4 is 47.9 Å². The third-order valence-electron chi connectivity index (χ3n) is 22.8. The maximum absolute atomic E-state index is 14.6. The maximum atomic E-state index is 14.6. The normalized spacial score (nSPS) is 30.9. The van der Waals surface area contributed by atoms with Crippen LogP contribution in [0.2, 0.25) is 0 Å². The minimum atomic E-state index is -1.11. The molecule has 6 N–H and O–H groups in total. The summed E-state index contributed by atoms with van der Waals surface area (Å²) >= 11 is 4.83. The van der Waals surface area contributed by atoms with Gasteiger partial charge in [0.05, 0.1) is 191 Å². The van der Waals surface area contributed by atoms with Crippen LogP contribution < -0.4 is 26.6 Å². The second-order valence-corrected chi connectivity index (χ2v) is 32.1. The fourth-order valence-electron chi connectivity index (χ4n) is 17.1. The van der Waals surface area contributed by atoms with Crippen molar-refractivity contribution in [2.45, 2.75) is 238 Å². The topological polar surface area (TPSA) is 360 Å². The zero-order chi connectivity index (χ0) is 78.8. The van der Waals surface area contributed by atoms with Crippen molar-refractivity contribution in [3.05, 3.63) is 42.3 Å². The Balaban J connectivity index is 0.0000144. The van der Waals surface area contributed by atoms with Gasteiger partial charge in [0.1, 0.15) is 30.6 Å². The van der Waals surface area contributed by atoms with Crippen molar-refractivity contribution < 1.29 is 148 Å². The number of aliphatic hydroxyl groups is 1. The number of aliphatic hydroxyl groups excluding tert-OH is 1. The van der Waals surface area contributed by atoms with Gasteiger partial charge in [-0.15, -0.1) is 0 Å². The number of hydrogen-bond acceptors (Lipinski definition) is 27. The molecule has 9 saturated heterocycles. The van der Waals surface area contributed by atoms with Crippen LogP contribution in [0.3, 0.4) is 0 Å². The van der Waals surface area contributed by atoms with E-state index in [1.54, 1.807) is 21.0 Å². The number of Topliss-reactive ketones (excluding diaryl/α,β-unsaturated/α-hetero) is 1. The number of fused-ring (bicyclic) bond motifs is 6. The SMILES string of the molecule is C=C1C[C@@H]2CC[C@@]34CC5CC6[C@@H](O3)[C@H]3O[C@H](CC[C@@H]3O[C@H]6[C@H]5O4)CC(=O)C[C@@H]3[C@@H](OC)[C@@H](C[C@H](O)CNC(=O)CNC(=O)[C@H](CCCCN(C)C)NC(=O)[C@@H](NC(=O)COCCOCCOCCOCCOCCOCCOCCOCCNC(=O)c4cnc([S-])nc4)C(C)C)O[C@H]3C[C@H]3O[C@@H](CCC1O2)C[C@@H](C)C3=C.[Tb]. The molecular weight excluding hydrogens is 1620 g/mol. The molecule has 1 radical (unpaired) electrons. The van der Waals surface area contributed by atoms with E-state index in [0.29, 0.717) is 130 Å². The molecule has 1 aromatic rings. The second-order valence-electron chi connectivity index (χ2n) is 31.7. The Kier molecular flexibility index (Phi) is 38.9. The quantitative estimate of drug-likeness (QED) is 0.0236. The molecule has 5 amide bonds. The van der Waals surface area contributed by atoms with E-state index in [1.165, 1.54) is 12.4 Å². The van der Waals surface area contributed by atoms with Crippen molar-refractivity contribution in [3.8, 4) is 0 Å². The number of carbonyl (C=O) groups is 6. The molecule has 10 fully saturated rings. The summed E-state index contributed by atoms with van der Waals surface area (Å²) in [7, 11) is 5.49. The fourth-order valence-corrected chi connectivity index (χ4v) is 17.2. The number of hydrogen-bond donors (Lipinski definition) is 6. The van der Waals surface area contributed by atoms with Crippen LogP contribution in [-0.4, -0.2) is 312 Å².